The highest BCUT2D eigenvalue weighted by Gasteiger charge is 2.41. The van der Waals surface area contributed by atoms with Gasteiger partial charge in [-0.2, -0.15) is 0 Å². The zero-order valence-corrected chi connectivity index (χ0v) is 11.3. The largest absolute Gasteiger partial charge is 0.396 e. The van der Waals surface area contributed by atoms with Gasteiger partial charge in [-0.25, -0.2) is 0 Å². The number of carbonyl (C=O) groups is 1. The number of nitrogens with zero attached hydrogens (tertiary/aromatic N) is 1. The first-order valence-corrected chi connectivity index (χ1v) is 6.81. The van der Waals surface area contributed by atoms with Gasteiger partial charge < -0.3 is 15.2 Å². The maximum atomic E-state index is 12.0. The summed E-state index contributed by atoms with van der Waals surface area (Å²) >= 11 is 0. The molecule has 0 saturated carbocycles. The van der Waals surface area contributed by atoms with E-state index in [0.29, 0.717) is 13.0 Å². The third-order valence-corrected chi connectivity index (χ3v) is 3.98. The molecule has 2 rings (SSSR count). The Morgan fingerprint density at radius 2 is 2.33 bits per heavy atom. The van der Waals surface area contributed by atoms with E-state index in [2.05, 4.69) is 24.1 Å². The molecule has 104 valence electrons. The van der Waals surface area contributed by atoms with Crippen molar-refractivity contribution in [3.8, 4) is 0 Å². The van der Waals surface area contributed by atoms with Crippen molar-refractivity contribution in [1.82, 2.24) is 10.2 Å². The third kappa shape index (κ3) is 2.84. The molecule has 0 aliphatic carbocycles. The molecule has 5 nitrogen and oxygen atoms in total. The number of aliphatic hydroxyl groups excluding tert-OH is 1. The smallest absolute Gasteiger partial charge is 0.237 e. The molecule has 2 aliphatic rings. The molecular formula is C13H24N2O3. The molecule has 0 aromatic heterocycles. The Labute approximate surface area is 108 Å². The van der Waals surface area contributed by atoms with Crippen LogP contribution in [0, 0.1) is 0 Å². The summed E-state index contributed by atoms with van der Waals surface area (Å²) < 4.78 is 5.67. The third-order valence-electron chi connectivity index (χ3n) is 3.98. The van der Waals surface area contributed by atoms with Crippen LogP contribution >= 0.6 is 0 Å². The molecular weight excluding hydrogens is 232 g/mol. The van der Waals surface area contributed by atoms with E-state index in [4.69, 9.17) is 9.84 Å². The summed E-state index contributed by atoms with van der Waals surface area (Å²) in [6.45, 7) is 6.56. The first kappa shape index (κ1) is 13.8. The zero-order valence-electron chi connectivity index (χ0n) is 11.3. The van der Waals surface area contributed by atoms with Gasteiger partial charge in [0, 0.05) is 31.8 Å². The standard InChI is InChI=1S/C13H24N2O3/c1-13(2)9-14-12(17)11(5-6-16)15(13)8-10-4-3-7-18-10/h10-11,16H,3-9H2,1-2H3,(H,14,17). The van der Waals surface area contributed by atoms with E-state index >= 15 is 0 Å². The van der Waals surface area contributed by atoms with Crippen LogP contribution in [0.1, 0.15) is 33.1 Å². The van der Waals surface area contributed by atoms with Crippen LogP contribution in [0.5, 0.6) is 0 Å². The fourth-order valence-corrected chi connectivity index (χ4v) is 2.88. The van der Waals surface area contributed by atoms with Gasteiger partial charge in [0.05, 0.1) is 12.1 Å². The first-order chi connectivity index (χ1) is 8.54. The lowest BCUT2D eigenvalue weighted by Gasteiger charge is -2.47. The second kappa shape index (κ2) is 5.55. The van der Waals surface area contributed by atoms with Gasteiger partial charge >= 0.3 is 0 Å². The number of carbonyl (C=O) groups excluding carboxylic acids is 1. The van der Waals surface area contributed by atoms with Gasteiger partial charge in [0.1, 0.15) is 0 Å². The van der Waals surface area contributed by atoms with E-state index < -0.39 is 0 Å². The summed E-state index contributed by atoms with van der Waals surface area (Å²) in [4.78, 5) is 14.2. The highest BCUT2D eigenvalue weighted by atomic mass is 16.5. The minimum atomic E-state index is -0.233. The fourth-order valence-electron chi connectivity index (χ4n) is 2.88. The maximum Gasteiger partial charge on any atom is 0.237 e. The van der Waals surface area contributed by atoms with Crippen LogP contribution in [-0.4, -0.2) is 59.9 Å². The second-order valence-electron chi connectivity index (χ2n) is 5.85. The van der Waals surface area contributed by atoms with Crippen LogP contribution in [0.3, 0.4) is 0 Å². The number of rotatable bonds is 4. The van der Waals surface area contributed by atoms with E-state index in [9.17, 15) is 4.79 Å². The number of piperazine rings is 1. The van der Waals surface area contributed by atoms with Crippen molar-refractivity contribution >= 4 is 5.91 Å². The van der Waals surface area contributed by atoms with E-state index in [1.54, 1.807) is 0 Å². The van der Waals surface area contributed by atoms with Crippen LogP contribution in [0.15, 0.2) is 0 Å². The number of hydrogen-bond donors (Lipinski definition) is 2. The number of aliphatic hydroxyl groups is 1. The molecule has 5 heteroatoms. The monoisotopic (exact) mass is 256 g/mol. The highest BCUT2D eigenvalue weighted by Crippen LogP contribution is 2.26. The quantitative estimate of drug-likeness (QED) is 0.750. The zero-order chi connectivity index (χ0) is 13.2. The predicted molar refractivity (Wildman–Crippen MR) is 68.3 cm³/mol. The average molecular weight is 256 g/mol. The van der Waals surface area contributed by atoms with Crippen molar-refractivity contribution in [3.63, 3.8) is 0 Å². The van der Waals surface area contributed by atoms with Gasteiger partial charge in [0.2, 0.25) is 5.91 Å². The lowest BCUT2D eigenvalue weighted by atomic mass is 9.93. The van der Waals surface area contributed by atoms with Crippen LogP contribution < -0.4 is 5.32 Å². The number of hydrogen-bond acceptors (Lipinski definition) is 4. The second-order valence-corrected chi connectivity index (χ2v) is 5.85. The van der Waals surface area contributed by atoms with Gasteiger partial charge in [0.25, 0.3) is 0 Å². The van der Waals surface area contributed by atoms with Crippen LogP contribution in [0.25, 0.3) is 0 Å². The van der Waals surface area contributed by atoms with E-state index in [-0.39, 0.29) is 30.2 Å². The van der Waals surface area contributed by atoms with Gasteiger partial charge in [-0.15, -0.1) is 0 Å². The Morgan fingerprint density at radius 1 is 1.56 bits per heavy atom. The van der Waals surface area contributed by atoms with Crippen LogP contribution in [-0.2, 0) is 9.53 Å². The van der Waals surface area contributed by atoms with Crippen molar-refractivity contribution in [1.29, 1.82) is 0 Å². The number of ether oxygens (including phenoxy) is 1. The average Bonchev–Trinajstić information content (AvgIpc) is 2.82. The summed E-state index contributed by atoms with van der Waals surface area (Å²) in [5.74, 6) is 0.0290. The summed E-state index contributed by atoms with van der Waals surface area (Å²) in [5.41, 5.74) is -0.0836. The Balaban J connectivity index is 2.09. The van der Waals surface area contributed by atoms with E-state index in [1.165, 1.54) is 0 Å². The summed E-state index contributed by atoms with van der Waals surface area (Å²) in [6.07, 6.45) is 2.90. The van der Waals surface area contributed by atoms with Crippen molar-refractivity contribution in [2.75, 3.05) is 26.3 Å². The van der Waals surface area contributed by atoms with Crippen LogP contribution in [0.4, 0.5) is 0 Å². The van der Waals surface area contributed by atoms with Crippen molar-refractivity contribution in [2.24, 2.45) is 0 Å². The molecule has 0 radical (unpaired) electrons. The molecule has 0 aromatic rings. The molecule has 2 unspecified atom stereocenters. The van der Waals surface area contributed by atoms with E-state index in [0.717, 1.165) is 26.0 Å². The molecule has 1 amide bonds. The SMILES string of the molecule is CC1(C)CNC(=O)C(CCO)N1CC1CCCO1. The van der Waals surface area contributed by atoms with Gasteiger partial charge in [-0.1, -0.05) is 0 Å². The molecule has 0 spiro atoms. The Morgan fingerprint density at radius 3 is 2.94 bits per heavy atom. The fraction of sp³-hybridized carbons (Fsp3) is 0.923. The molecule has 2 fully saturated rings. The molecule has 2 saturated heterocycles. The normalized spacial score (nSPS) is 32.5. The number of nitrogens with one attached hydrogen (secondary N) is 1. The molecule has 0 bridgehead atoms. The molecule has 2 atom stereocenters. The number of amides is 1. The summed E-state index contributed by atoms with van der Waals surface area (Å²) in [7, 11) is 0. The maximum absolute atomic E-state index is 12.0. The minimum absolute atomic E-state index is 0.0290. The lowest BCUT2D eigenvalue weighted by Crippen LogP contribution is -2.66. The molecule has 2 heterocycles. The highest BCUT2D eigenvalue weighted by molar-refractivity contribution is 5.82. The van der Waals surface area contributed by atoms with Gasteiger partial charge in [-0.05, 0) is 33.1 Å². The van der Waals surface area contributed by atoms with Crippen molar-refractivity contribution in [3.05, 3.63) is 0 Å². The Kier molecular flexibility index (Phi) is 4.25. The lowest BCUT2D eigenvalue weighted by molar-refractivity contribution is -0.136. The predicted octanol–water partition coefficient (Wildman–Crippen LogP) is 0.127. The van der Waals surface area contributed by atoms with Gasteiger partial charge in [0.15, 0.2) is 0 Å². The summed E-state index contributed by atoms with van der Waals surface area (Å²) in [6, 6.07) is -0.233. The molecule has 18 heavy (non-hydrogen) atoms. The minimum Gasteiger partial charge on any atom is -0.396 e. The topological polar surface area (TPSA) is 61.8 Å². The first-order valence-electron chi connectivity index (χ1n) is 6.81. The van der Waals surface area contributed by atoms with Crippen molar-refractivity contribution in [2.45, 2.75) is 50.8 Å². The Hall–Kier alpha value is -0.650. The Bertz CT molecular complexity index is 301. The van der Waals surface area contributed by atoms with Gasteiger partial charge in [-0.3, -0.25) is 9.69 Å². The summed E-state index contributed by atoms with van der Waals surface area (Å²) in [5, 5.41) is 12.1. The molecule has 2 N–H and O–H groups in total. The molecule has 2 aliphatic heterocycles. The van der Waals surface area contributed by atoms with Crippen molar-refractivity contribution < 1.29 is 14.6 Å². The molecule has 0 aromatic carbocycles. The van der Waals surface area contributed by atoms with Crippen LogP contribution in [0.2, 0.25) is 0 Å². The van der Waals surface area contributed by atoms with E-state index in [1.807, 2.05) is 0 Å².